The zero-order valence-electron chi connectivity index (χ0n) is 13.3. The van der Waals surface area contributed by atoms with Crippen LogP contribution in [0.3, 0.4) is 0 Å². The van der Waals surface area contributed by atoms with Crippen LogP contribution in [0.5, 0.6) is 0 Å². The number of carbonyl (C=O) groups excluding carboxylic acids is 2. The van der Waals surface area contributed by atoms with Gasteiger partial charge in [-0.15, -0.1) is 12.4 Å². The Morgan fingerprint density at radius 1 is 1.39 bits per heavy atom. The van der Waals surface area contributed by atoms with E-state index in [1.165, 1.54) is 4.90 Å². The Labute approximate surface area is 140 Å². The van der Waals surface area contributed by atoms with Crippen molar-refractivity contribution < 1.29 is 14.1 Å². The van der Waals surface area contributed by atoms with Crippen molar-refractivity contribution in [2.45, 2.75) is 57.2 Å². The lowest BCUT2D eigenvalue weighted by molar-refractivity contribution is -0.131. The van der Waals surface area contributed by atoms with Crippen LogP contribution in [-0.4, -0.2) is 45.6 Å². The monoisotopic (exact) mass is 343 g/mol. The molecule has 128 valence electrons. The second kappa shape index (κ2) is 6.84. The van der Waals surface area contributed by atoms with Gasteiger partial charge in [0.15, 0.2) is 5.82 Å². The number of hydrogen-bond donors (Lipinski definition) is 2. The van der Waals surface area contributed by atoms with Crippen molar-refractivity contribution >= 4 is 24.3 Å². The van der Waals surface area contributed by atoms with Crippen LogP contribution in [0, 0.1) is 0 Å². The number of halogens is 1. The van der Waals surface area contributed by atoms with E-state index in [1.807, 2.05) is 14.0 Å². The summed E-state index contributed by atoms with van der Waals surface area (Å²) in [6.45, 7) is 2.05. The normalized spacial score (nSPS) is 20.7. The van der Waals surface area contributed by atoms with Crippen molar-refractivity contribution in [3.63, 3.8) is 0 Å². The fraction of sp³-hybridized carbons (Fsp3) is 0.714. The fourth-order valence-electron chi connectivity index (χ4n) is 3.09. The molecule has 1 saturated carbocycles. The van der Waals surface area contributed by atoms with Crippen molar-refractivity contribution in [1.29, 1.82) is 0 Å². The maximum Gasteiger partial charge on any atom is 0.325 e. The Morgan fingerprint density at radius 3 is 2.74 bits per heavy atom. The van der Waals surface area contributed by atoms with E-state index in [0.717, 1.165) is 12.8 Å². The number of rotatable bonds is 5. The van der Waals surface area contributed by atoms with Crippen LogP contribution in [0.2, 0.25) is 0 Å². The summed E-state index contributed by atoms with van der Waals surface area (Å²) in [6.07, 6.45) is 3.98. The molecule has 2 N–H and O–H groups in total. The van der Waals surface area contributed by atoms with E-state index >= 15 is 0 Å². The molecule has 1 aliphatic carbocycles. The molecule has 1 unspecified atom stereocenters. The molecule has 1 spiro atoms. The number of urea groups is 1. The number of carbonyl (C=O) groups is 2. The summed E-state index contributed by atoms with van der Waals surface area (Å²) in [5.41, 5.74) is -0.694. The van der Waals surface area contributed by atoms with E-state index in [2.05, 4.69) is 20.8 Å². The molecule has 2 heterocycles. The quantitative estimate of drug-likeness (QED) is 0.774. The zero-order valence-corrected chi connectivity index (χ0v) is 14.1. The third-order valence-electron chi connectivity index (χ3n) is 4.49. The van der Waals surface area contributed by atoms with Crippen molar-refractivity contribution in [1.82, 2.24) is 25.7 Å². The number of nitrogens with one attached hydrogen (secondary N) is 2. The summed E-state index contributed by atoms with van der Waals surface area (Å²) in [5, 5.41) is 9.82. The summed E-state index contributed by atoms with van der Waals surface area (Å²) in [6, 6.07) is -0.140. The highest BCUT2D eigenvalue weighted by Gasteiger charge is 2.52. The predicted octanol–water partition coefficient (Wildman–Crippen LogP) is 1.01. The maximum absolute atomic E-state index is 12.5. The number of amides is 3. The third kappa shape index (κ3) is 3.32. The minimum atomic E-state index is -0.694. The predicted molar refractivity (Wildman–Crippen MR) is 84.1 cm³/mol. The molecule has 2 fully saturated rings. The summed E-state index contributed by atoms with van der Waals surface area (Å²) < 4.78 is 5.16. The first-order valence-electron chi connectivity index (χ1n) is 7.67. The summed E-state index contributed by atoms with van der Waals surface area (Å²) in [4.78, 5) is 30.0. The van der Waals surface area contributed by atoms with Crippen LogP contribution < -0.4 is 10.6 Å². The molecule has 0 radical (unpaired) electrons. The Hall–Kier alpha value is -1.67. The molecule has 8 nitrogen and oxygen atoms in total. The highest BCUT2D eigenvalue weighted by Crippen LogP contribution is 2.35. The lowest BCUT2D eigenvalue weighted by Crippen LogP contribution is -2.44. The molecule has 0 aromatic carbocycles. The smallest absolute Gasteiger partial charge is 0.325 e. The summed E-state index contributed by atoms with van der Waals surface area (Å²) in [7, 11) is 1.86. The zero-order chi connectivity index (χ0) is 15.7. The van der Waals surface area contributed by atoms with Crippen molar-refractivity contribution in [3.8, 4) is 0 Å². The SMILES string of the molecule is CNC(C)Cc1noc(CN2C(=O)NC3(CCCC3)C2=O)n1.Cl. The second-order valence-electron chi connectivity index (χ2n) is 6.11. The average molecular weight is 344 g/mol. The van der Waals surface area contributed by atoms with Gasteiger partial charge in [-0.25, -0.2) is 4.79 Å². The number of hydrogen-bond acceptors (Lipinski definition) is 6. The van der Waals surface area contributed by atoms with E-state index in [0.29, 0.717) is 25.1 Å². The van der Waals surface area contributed by atoms with E-state index in [4.69, 9.17) is 4.52 Å². The molecule has 23 heavy (non-hydrogen) atoms. The van der Waals surface area contributed by atoms with E-state index < -0.39 is 5.54 Å². The standard InChI is InChI=1S/C14H21N5O3.ClH/c1-9(15-2)7-10-16-11(22-18-10)8-19-12(20)14(17-13(19)21)5-3-4-6-14;/h9,15H,3-8H2,1-2H3,(H,17,21);1H. The van der Waals surface area contributed by atoms with Gasteiger partial charge in [0.05, 0.1) is 0 Å². The molecule has 1 saturated heterocycles. The maximum atomic E-state index is 12.5. The van der Waals surface area contributed by atoms with Crippen LogP contribution >= 0.6 is 12.4 Å². The Morgan fingerprint density at radius 2 is 2.09 bits per heavy atom. The largest absolute Gasteiger partial charge is 0.337 e. The number of nitrogens with zero attached hydrogens (tertiary/aromatic N) is 3. The van der Waals surface area contributed by atoms with Gasteiger partial charge >= 0.3 is 6.03 Å². The van der Waals surface area contributed by atoms with Gasteiger partial charge in [0.25, 0.3) is 5.91 Å². The Balaban J connectivity index is 0.00000192. The molecule has 0 bridgehead atoms. The average Bonchev–Trinajstić information content (AvgIpc) is 3.18. The lowest BCUT2D eigenvalue weighted by atomic mass is 9.98. The highest BCUT2D eigenvalue weighted by molar-refractivity contribution is 6.07. The summed E-state index contributed by atoms with van der Waals surface area (Å²) >= 11 is 0. The Bertz CT molecular complexity index is 585. The van der Waals surface area contributed by atoms with Crippen LogP contribution in [0.1, 0.15) is 44.3 Å². The molecule has 1 aliphatic heterocycles. The van der Waals surface area contributed by atoms with E-state index in [9.17, 15) is 9.59 Å². The van der Waals surface area contributed by atoms with Gasteiger partial charge < -0.3 is 15.2 Å². The molecule has 9 heteroatoms. The van der Waals surface area contributed by atoms with E-state index in [1.54, 1.807) is 0 Å². The second-order valence-corrected chi connectivity index (χ2v) is 6.11. The number of likely N-dealkylation sites (N-methyl/N-ethyl adjacent to an activating group) is 1. The van der Waals surface area contributed by atoms with Crippen LogP contribution in [-0.2, 0) is 17.8 Å². The number of imide groups is 1. The van der Waals surface area contributed by atoms with Crippen LogP contribution in [0.4, 0.5) is 4.79 Å². The minimum absolute atomic E-state index is 0. The van der Waals surface area contributed by atoms with Crippen LogP contribution in [0.15, 0.2) is 4.52 Å². The van der Waals surface area contributed by atoms with E-state index in [-0.39, 0.29) is 42.8 Å². The Kier molecular flexibility index (Phi) is 5.26. The molecule has 2 aliphatic rings. The first-order valence-corrected chi connectivity index (χ1v) is 7.67. The van der Waals surface area contributed by atoms with Crippen molar-refractivity contribution in [2.75, 3.05) is 7.05 Å². The fourth-order valence-corrected chi connectivity index (χ4v) is 3.09. The first kappa shape index (κ1) is 17.7. The van der Waals surface area contributed by atoms with Crippen molar-refractivity contribution in [2.24, 2.45) is 0 Å². The molecule has 1 atom stereocenters. The molecular formula is C14H22ClN5O3. The van der Waals surface area contributed by atoms with Gasteiger partial charge in [0, 0.05) is 12.5 Å². The molecule has 1 aromatic rings. The topological polar surface area (TPSA) is 100 Å². The van der Waals surface area contributed by atoms with Crippen molar-refractivity contribution in [3.05, 3.63) is 11.7 Å². The van der Waals surface area contributed by atoms with Gasteiger partial charge in [0.2, 0.25) is 5.89 Å². The van der Waals surface area contributed by atoms with Gasteiger partial charge in [-0.05, 0) is 26.8 Å². The third-order valence-corrected chi connectivity index (χ3v) is 4.49. The number of aromatic nitrogens is 2. The minimum Gasteiger partial charge on any atom is -0.337 e. The summed E-state index contributed by atoms with van der Waals surface area (Å²) in [5.74, 6) is 0.690. The lowest BCUT2D eigenvalue weighted by Gasteiger charge is -2.19. The van der Waals surface area contributed by atoms with Gasteiger partial charge in [-0.3, -0.25) is 9.69 Å². The first-order chi connectivity index (χ1) is 10.5. The highest BCUT2D eigenvalue weighted by atomic mass is 35.5. The molecular weight excluding hydrogens is 322 g/mol. The van der Waals surface area contributed by atoms with Gasteiger partial charge in [-0.2, -0.15) is 4.98 Å². The van der Waals surface area contributed by atoms with Crippen LogP contribution in [0.25, 0.3) is 0 Å². The molecule has 3 rings (SSSR count). The molecule has 3 amide bonds. The molecule has 1 aromatic heterocycles. The van der Waals surface area contributed by atoms with Gasteiger partial charge in [-0.1, -0.05) is 18.0 Å². The van der Waals surface area contributed by atoms with Gasteiger partial charge in [0.1, 0.15) is 12.1 Å².